The summed E-state index contributed by atoms with van der Waals surface area (Å²) in [5.74, 6) is -0.440. The summed E-state index contributed by atoms with van der Waals surface area (Å²) in [5.41, 5.74) is 3.69. The maximum atomic E-state index is 12.0. The number of nitrogens with zero attached hydrogens (tertiary/aromatic N) is 3. The molecule has 0 aliphatic rings. The van der Waals surface area contributed by atoms with E-state index in [0.29, 0.717) is 32.8 Å². The molecule has 0 saturated heterocycles. The molecule has 0 unspecified atom stereocenters. The number of carboxylic acids is 1. The number of carboxylic acid groups (broad SMARTS) is 1. The summed E-state index contributed by atoms with van der Waals surface area (Å²) < 4.78 is 1.65. The minimum atomic E-state index is -1.03. The number of hydrogen-bond donors (Lipinski definition) is 1. The second-order valence-electron chi connectivity index (χ2n) is 6.92. The van der Waals surface area contributed by atoms with Gasteiger partial charge >= 0.3 is 5.97 Å². The molecule has 2 aromatic carbocycles. The number of aliphatic carboxylic acids is 1. The Morgan fingerprint density at radius 1 is 1.00 bits per heavy atom. The van der Waals surface area contributed by atoms with Crippen LogP contribution < -0.4 is 0 Å². The molecule has 0 spiro atoms. The highest BCUT2D eigenvalue weighted by atomic mass is 35.5. The first-order valence-corrected chi connectivity index (χ1v) is 10.2. The molecule has 7 heteroatoms. The maximum absolute atomic E-state index is 12.0. The minimum Gasteiger partial charge on any atom is -0.478 e. The third-order valence-corrected chi connectivity index (χ3v) is 5.40. The lowest BCUT2D eigenvalue weighted by Gasteiger charge is -2.07. The SMILES string of the molecule is Cc1cccc(/C(=C/c2cc(-c3ccc(Cl)c(Cl)c3)n(-c3ccccn3)n2)C(=O)O)c1. The van der Waals surface area contributed by atoms with Crippen LogP contribution in [0.5, 0.6) is 0 Å². The molecule has 4 rings (SSSR count). The van der Waals surface area contributed by atoms with E-state index in [-0.39, 0.29) is 5.57 Å². The zero-order chi connectivity index (χ0) is 22.0. The van der Waals surface area contributed by atoms with Crippen LogP contribution in [0.2, 0.25) is 10.0 Å². The number of aromatic nitrogens is 3. The zero-order valence-corrected chi connectivity index (χ0v) is 18.0. The number of pyridine rings is 1. The van der Waals surface area contributed by atoms with E-state index < -0.39 is 5.97 Å². The Morgan fingerprint density at radius 2 is 1.84 bits per heavy atom. The van der Waals surface area contributed by atoms with E-state index in [4.69, 9.17) is 23.2 Å². The summed E-state index contributed by atoms with van der Waals surface area (Å²) >= 11 is 12.3. The van der Waals surface area contributed by atoms with Gasteiger partial charge in [0.1, 0.15) is 0 Å². The van der Waals surface area contributed by atoms with Crippen molar-refractivity contribution in [3.8, 4) is 17.1 Å². The number of aryl methyl sites for hydroxylation is 1. The first-order chi connectivity index (χ1) is 14.9. The maximum Gasteiger partial charge on any atom is 0.336 e. The van der Waals surface area contributed by atoms with E-state index in [9.17, 15) is 9.90 Å². The fourth-order valence-corrected chi connectivity index (χ4v) is 3.51. The third-order valence-electron chi connectivity index (χ3n) is 4.66. The monoisotopic (exact) mass is 449 g/mol. The molecule has 0 atom stereocenters. The summed E-state index contributed by atoms with van der Waals surface area (Å²) in [6, 6.07) is 19.9. The van der Waals surface area contributed by atoms with Gasteiger partial charge in [-0.15, -0.1) is 0 Å². The van der Waals surface area contributed by atoms with Crippen molar-refractivity contribution in [2.45, 2.75) is 6.92 Å². The van der Waals surface area contributed by atoms with Crippen LogP contribution in [0.3, 0.4) is 0 Å². The average Bonchev–Trinajstić information content (AvgIpc) is 3.18. The van der Waals surface area contributed by atoms with Crippen LogP contribution in [0.15, 0.2) is 72.9 Å². The number of hydrogen-bond acceptors (Lipinski definition) is 3. The van der Waals surface area contributed by atoms with Gasteiger partial charge in [0.15, 0.2) is 5.82 Å². The van der Waals surface area contributed by atoms with Crippen molar-refractivity contribution in [2.75, 3.05) is 0 Å². The molecule has 0 bridgehead atoms. The van der Waals surface area contributed by atoms with Crippen molar-refractivity contribution in [2.24, 2.45) is 0 Å². The molecule has 4 aromatic rings. The molecule has 0 saturated carbocycles. The number of halogens is 2. The van der Waals surface area contributed by atoms with E-state index >= 15 is 0 Å². The Balaban J connectivity index is 1.89. The summed E-state index contributed by atoms with van der Waals surface area (Å²) in [6.07, 6.45) is 3.22. The standard InChI is InChI=1S/C24H17Cl2N3O2/c1-15-5-4-6-16(11-15)19(24(30)31)13-18-14-22(17-8-9-20(25)21(26)12-17)29(28-18)23-7-2-3-10-27-23/h2-14H,1H3,(H,30,31)/b19-13-. The molecular weight excluding hydrogens is 433 g/mol. The molecule has 0 amide bonds. The summed E-state index contributed by atoms with van der Waals surface area (Å²) in [4.78, 5) is 16.4. The van der Waals surface area contributed by atoms with E-state index in [1.165, 1.54) is 0 Å². The van der Waals surface area contributed by atoms with Gasteiger partial charge in [0.25, 0.3) is 0 Å². The highest BCUT2D eigenvalue weighted by molar-refractivity contribution is 6.42. The lowest BCUT2D eigenvalue weighted by Crippen LogP contribution is -2.02. The van der Waals surface area contributed by atoms with Crippen molar-refractivity contribution in [1.82, 2.24) is 14.8 Å². The average molecular weight is 450 g/mol. The van der Waals surface area contributed by atoms with Crippen LogP contribution in [0, 0.1) is 6.92 Å². The topological polar surface area (TPSA) is 68.0 Å². The first kappa shape index (κ1) is 20.8. The zero-order valence-electron chi connectivity index (χ0n) is 16.5. The molecule has 1 N–H and O–H groups in total. The van der Waals surface area contributed by atoms with Gasteiger partial charge in [-0.25, -0.2) is 14.5 Å². The largest absolute Gasteiger partial charge is 0.478 e. The summed E-state index contributed by atoms with van der Waals surface area (Å²) in [6.45, 7) is 1.92. The van der Waals surface area contributed by atoms with Crippen molar-refractivity contribution in [3.05, 3.63) is 99.8 Å². The van der Waals surface area contributed by atoms with Gasteiger partial charge in [0.05, 0.1) is 27.0 Å². The van der Waals surface area contributed by atoms with Gasteiger partial charge in [-0.2, -0.15) is 5.10 Å². The predicted octanol–water partition coefficient (Wildman–Crippen LogP) is 6.17. The Bertz CT molecular complexity index is 1300. The van der Waals surface area contributed by atoms with Gasteiger partial charge in [0, 0.05) is 11.8 Å². The molecule has 0 fully saturated rings. The molecular formula is C24H17Cl2N3O2. The van der Waals surface area contributed by atoms with Crippen molar-refractivity contribution >= 4 is 40.8 Å². The molecule has 0 radical (unpaired) electrons. The Hall–Kier alpha value is -3.41. The lowest BCUT2D eigenvalue weighted by atomic mass is 10.0. The van der Waals surface area contributed by atoms with Gasteiger partial charge in [-0.05, 0) is 48.9 Å². The quantitative estimate of drug-likeness (QED) is 0.369. The Labute approximate surface area is 189 Å². The number of carbonyl (C=O) groups is 1. The van der Waals surface area contributed by atoms with E-state index in [0.717, 1.165) is 11.1 Å². The Morgan fingerprint density at radius 3 is 2.52 bits per heavy atom. The third kappa shape index (κ3) is 4.53. The van der Waals surface area contributed by atoms with E-state index in [2.05, 4.69) is 10.1 Å². The fourth-order valence-electron chi connectivity index (χ4n) is 3.21. The van der Waals surface area contributed by atoms with E-state index in [1.807, 2.05) is 49.4 Å². The fraction of sp³-hybridized carbons (Fsp3) is 0.0417. The molecule has 0 aliphatic heterocycles. The van der Waals surface area contributed by atoms with Crippen molar-refractivity contribution in [1.29, 1.82) is 0 Å². The smallest absolute Gasteiger partial charge is 0.336 e. The van der Waals surface area contributed by atoms with Gasteiger partial charge in [-0.1, -0.05) is 65.2 Å². The highest BCUT2D eigenvalue weighted by Crippen LogP contribution is 2.31. The van der Waals surface area contributed by atoms with Crippen LogP contribution in [0.4, 0.5) is 0 Å². The van der Waals surface area contributed by atoms with Gasteiger partial charge in [0.2, 0.25) is 0 Å². The summed E-state index contributed by atoms with van der Waals surface area (Å²) in [7, 11) is 0. The molecule has 154 valence electrons. The van der Waals surface area contributed by atoms with Crippen LogP contribution in [0.25, 0.3) is 28.7 Å². The van der Waals surface area contributed by atoms with Crippen LogP contribution in [-0.4, -0.2) is 25.8 Å². The highest BCUT2D eigenvalue weighted by Gasteiger charge is 2.16. The molecule has 5 nitrogen and oxygen atoms in total. The first-order valence-electron chi connectivity index (χ1n) is 9.41. The Kier molecular flexibility index (Phi) is 5.89. The summed E-state index contributed by atoms with van der Waals surface area (Å²) in [5, 5.41) is 15.3. The molecule has 2 aromatic heterocycles. The van der Waals surface area contributed by atoms with Gasteiger partial charge in [-0.3, -0.25) is 0 Å². The second-order valence-corrected chi connectivity index (χ2v) is 7.73. The second kappa shape index (κ2) is 8.76. The predicted molar refractivity (Wildman–Crippen MR) is 124 cm³/mol. The van der Waals surface area contributed by atoms with Crippen LogP contribution in [0.1, 0.15) is 16.8 Å². The molecule has 31 heavy (non-hydrogen) atoms. The van der Waals surface area contributed by atoms with E-state index in [1.54, 1.807) is 41.2 Å². The lowest BCUT2D eigenvalue weighted by molar-refractivity contribution is -0.130. The van der Waals surface area contributed by atoms with Gasteiger partial charge < -0.3 is 5.11 Å². The number of benzene rings is 2. The van der Waals surface area contributed by atoms with Crippen LogP contribution in [-0.2, 0) is 4.79 Å². The minimum absolute atomic E-state index is 0.148. The van der Waals surface area contributed by atoms with Crippen molar-refractivity contribution in [3.63, 3.8) is 0 Å². The molecule has 0 aliphatic carbocycles. The normalized spacial score (nSPS) is 11.5. The molecule has 2 heterocycles. The van der Waals surface area contributed by atoms with Crippen molar-refractivity contribution < 1.29 is 9.90 Å². The number of rotatable bonds is 5. The van der Waals surface area contributed by atoms with Crippen LogP contribution >= 0.6 is 23.2 Å².